The molecule has 0 amide bonds. The molecule has 2 aromatic heterocycles. The molecular formula is C46H29NOS. The summed E-state index contributed by atoms with van der Waals surface area (Å²) in [4.78, 5) is 2.40. The maximum Gasteiger partial charge on any atom is 0.135 e. The predicted molar refractivity (Wildman–Crippen MR) is 210 cm³/mol. The van der Waals surface area contributed by atoms with E-state index in [0.717, 1.165) is 39.0 Å². The van der Waals surface area contributed by atoms with Crippen LogP contribution in [0.15, 0.2) is 180 Å². The first-order chi connectivity index (χ1) is 24.3. The van der Waals surface area contributed by atoms with Crippen molar-refractivity contribution >= 4 is 81.3 Å². The van der Waals surface area contributed by atoms with Crippen LogP contribution in [-0.2, 0) is 0 Å². The van der Waals surface area contributed by atoms with Crippen molar-refractivity contribution in [1.29, 1.82) is 0 Å². The third-order valence-corrected chi connectivity index (χ3v) is 10.8. The van der Waals surface area contributed by atoms with E-state index in [1.807, 2.05) is 23.5 Å². The zero-order valence-electron chi connectivity index (χ0n) is 26.5. The molecule has 230 valence electrons. The fraction of sp³-hybridized carbons (Fsp3) is 0. The quantitative estimate of drug-likeness (QED) is 0.186. The van der Waals surface area contributed by atoms with Gasteiger partial charge in [0, 0.05) is 47.7 Å². The van der Waals surface area contributed by atoms with Crippen LogP contribution < -0.4 is 4.90 Å². The van der Waals surface area contributed by atoms with Crippen LogP contribution in [0, 0.1) is 0 Å². The number of rotatable bonds is 5. The van der Waals surface area contributed by atoms with E-state index in [2.05, 4.69) is 169 Å². The zero-order chi connectivity index (χ0) is 32.3. The summed E-state index contributed by atoms with van der Waals surface area (Å²) in [5.41, 5.74) is 10.0. The average Bonchev–Trinajstić information content (AvgIpc) is 3.73. The summed E-state index contributed by atoms with van der Waals surface area (Å²) >= 11 is 1.85. The first kappa shape index (κ1) is 27.9. The van der Waals surface area contributed by atoms with Crippen molar-refractivity contribution in [1.82, 2.24) is 0 Å². The van der Waals surface area contributed by atoms with Gasteiger partial charge in [-0.15, -0.1) is 11.3 Å². The van der Waals surface area contributed by atoms with E-state index in [-0.39, 0.29) is 0 Å². The number of benzene rings is 8. The number of anilines is 3. The van der Waals surface area contributed by atoms with Crippen LogP contribution in [0.25, 0.3) is 75.1 Å². The first-order valence-electron chi connectivity index (χ1n) is 16.6. The van der Waals surface area contributed by atoms with Crippen LogP contribution >= 0.6 is 11.3 Å². The maximum atomic E-state index is 6.05. The van der Waals surface area contributed by atoms with E-state index in [1.54, 1.807) is 0 Å². The Morgan fingerprint density at radius 3 is 1.80 bits per heavy atom. The second-order valence-electron chi connectivity index (χ2n) is 12.5. The van der Waals surface area contributed by atoms with Gasteiger partial charge < -0.3 is 9.32 Å². The SMILES string of the molecule is c1ccc2c(N(c3ccc(-c4ccc(-c5ccc6oc7ccccc7c6c5)cc4)cc3)c3ccc4sc5ccccc5c4c3)cccc2c1. The van der Waals surface area contributed by atoms with Crippen LogP contribution in [-0.4, -0.2) is 0 Å². The highest BCUT2D eigenvalue weighted by molar-refractivity contribution is 7.25. The molecular weight excluding hydrogens is 615 g/mol. The number of para-hydroxylation sites is 1. The Kier molecular flexibility index (Phi) is 6.39. The van der Waals surface area contributed by atoms with E-state index >= 15 is 0 Å². The summed E-state index contributed by atoms with van der Waals surface area (Å²) in [6.45, 7) is 0. The minimum absolute atomic E-state index is 0.919. The highest BCUT2D eigenvalue weighted by Gasteiger charge is 2.17. The standard InChI is InChI=1S/C46H29NOS/c1-2-10-37-33(8-1)9-7-13-42(37)47(36-25-27-46-41(29-36)39-12-4-6-15-45(39)49-46)35-23-20-31(21-24-35)30-16-18-32(19-17-30)34-22-26-44-40(28-34)38-11-3-5-14-43(38)48-44/h1-29H. The lowest BCUT2D eigenvalue weighted by atomic mass is 9.98. The number of hydrogen-bond acceptors (Lipinski definition) is 3. The highest BCUT2D eigenvalue weighted by Crippen LogP contribution is 2.43. The zero-order valence-corrected chi connectivity index (χ0v) is 27.3. The molecule has 0 bridgehead atoms. The van der Waals surface area contributed by atoms with Crippen molar-refractivity contribution in [3.63, 3.8) is 0 Å². The maximum absolute atomic E-state index is 6.05. The molecule has 0 aliphatic heterocycles. The Bertz CT molecular complexity index is 2820. The lowest BCUT2D eigenvalue weighted by molar-refractivity contribution is 0.669. The van der Waals surface area contributed by atoms with Crippen molar-refractivity contribution in [3.8, 4) is 22.3 Å². The molecule has 49 heavy (non-hydrogen) atoms. The smallest absolute Gasteiger partial charge is 0.135 e. The van der Waals surface area contributed by atoms with Crippen LogP contribution in [0.4, 0.5) is 17.1 Å². The average molecular weight is 644 g/mol. The number of furan rings is 1. The molecule has 0 spiro atoms. The Hall–Kier alpha value is -6.16. The van der Waals surface area contributed by atoms with Crippen molar-refractivity contribution in [2.24, 2.45) is 0 Å². The number of nitrogens with zero attached hydrogens (tertiary/aromatic N) is 1. The van der Waals surface area contributed by atoms with Gasteiger partial charge in [-0.3, -0.25) is 0 Å². The van der Waals surface area contributed by atoms with Gasteiger partial charge in [0.1, 0.15) is 11.2 Å². The number of fused-ring (bicyclic) bond motifs is 7. The molecule has 2 nitrogen and oxygen atoms in total. The summed E-state index contributed by atoms with van der Waals surface area (Å²) in [7, 11) is 0. The number of thiophene rings is 1. The van der Waals surface area contributed by atoms with Gasteiger partial charge >= 0.3 is 0 Å². The van der Waals surface area contributed by atoms with Crippen molar-refractivity contribution in [3.05, 3.63) is 176 Å². The lowest BCUT2D eigenvalue weighted by Crippen LogP contribution is -2.10. The minimum atomic E-state index is 0.919. The van der Waals surface area contributed by atoms with Crippen LogP contribution in [0.2, 0.25) is 0 Å². The highest BCUT2D eigenvalue weighted by atomic mass is 32.1. The predicted octanol–water partition coefficient (Wildman–Crippen LogP) is 13.9. The molecule has 3 heteroatoms. The second-order valence-corrected chi connectivity index (χ2v) is 13.6. The molecule has 0 aliphatic carbocycles. The third-order valence-electron chi connectivity index (χ3n) is 9.68. The summed E-state index contributed by atoms with van der Waals surface area (Å²) in [6, 6.07) is 63.4. The van der Waals surface area contributed by atoms with Gasteiger partial charge in [-0.05, 0) is 88.3 Å². The molecule has 0 saturated heterocycles. The fourth-order valence-electron chi connectivity index (χ4n) is 7.25. The summed E-state index contributed by atoms with van der Waals surface area (Å²) in [5.74, 6) is 0. The van der Waals surface area contributed by atoms with Crippen molar-refractivity contribution < 1.29 is 4.42 Å². The Balaban J connectivity index is 1.03. The molecule has 10 aromatic rings. The molecule has 0 saturated carbocycles. The van der Waals surface area contributed by atoms with E-state index < -0.39 is 0 Å². The van der Waals surface area contributed by atoms with Gasteiger partial charge in [0.15, 0.2) is 0 Å². The van der Waals surface area contributed by atoms with E-state index in [1.165, 1.54) is 53.2 Å². The van der Waals surface area contributed by atoms with Gasteiger partial charge in [0.05, 0.1) is 5.69 Å². The Morgan fingerprint density at radius 1 is 0.367 bits per heavy atom. The second kappa shape index (κ2) is 11.2. The normalized spacial score (nSPS) is 11.7. The van der Waals surface area contributed by atoms with Gasteiger partial charge in [0.2, 0.25) is 0 Å². The number of hydrogen-bond donors (Lipinski definition) is 0. The first-order valence-corrected chi connectivity index (χ1v) is 17.4. The lowest BCUT2D eigenvalue weighted by Gasteiger charge is -2.27. The van der Waals surface area contributed by atoms with Crippen molar-refractivity contribution in [2.75, 3.05) is 4.90 Å². The summed E-state index contributed by atoms with van der Waals surface area (Å²) in [6.07, 6.45) is 0. The summed E-state index contributed by atoms with van der Waals surface area (Å²) < 4.78 is 8.68. The van der Waals surface area contributed by atoms with Gasteiger partial charge in [-0.1, -0.05) is 115 Å². The van der Waals surface area contributed by atoms with Crippen LogP contribution in [0.1, 0.15) is 0 Å². The largest absolute Gasteiger partial charge is 0.456 e. The van der Waals surface area contributed by atoms with Crippen LogP contribution in [0.3, 0.4) is 0 Å². The minimum Gasteiger partial charge on any atom is -0.456 e. The Labute approximate surface area is 287 Å². The molecule has 10 rings (SSSR count). The third kappa shape index (κ3) is 4.70. The molecule has 8 aromatic carbocycles. The van der Waals surface area contributed by atoms with E-state index in [0.29, 0.717) is 0 Å². The monoisotopic (exact) mass is 643 g/mol. The van der Waals surface area contributed by atoms with Gasteiger partial charge in [-0.25, -0.2) is 0 Å². The molecule has 0 fully saturated rings. The van der Waals surface area contributed by atoms with Gasteiger partial charge in [0.25, 0.3) is 0 Å². The van der Waals surface area contributed by atoms with Crippen LogP contribution in [0.5, 0.6) is 0 Å². The van der Waals surface area contributed by atoms with Crippen molar-refractivity contribution in [2.45, 2.75) is 0 Å². The molecule has 0 N–H and O–H groups in total. The Morgan fingerprint density at radius 2 is 0.959 bits per heavy atom. The van der Waals surface area contributed by atoms with E-state index in [9.17, 15) is 0 Å². The molecule has 0 aliphatic rings. The summed E-state index contributed by atoms with van der Waals surface area (Å²) in [5, 5.41) is 7.34. The topological polar surface area (TPSA) is 16.4 Å². The fourth-order valence-corrected chi connectivity index (χ4v) is 8.33. The molecule has 0 unspecified atom stereocenters. The molecule has 0 atom stereocenters. The van der Waals surface area contributed by atoms with Gasteiger partial charge in [-0.2, -0.15) is 0 Å². The molecule has 2 heterocycles. The molecule has 0 radical (unpaired) electrons. The van der Waals surface area contributed by atoms with E-state index in [4.69, 9.17) is 4.42 Å².